The molecule has 7 rings (SSSR count). The summed E-state index contributed by atoms with van der Waals surface area (Å²) in [7, 11) is 1.60. The second kappa shape index (κ2) is 12.7. The number of aromatic nitrogens is 3. The Hall–Kier alpha value is -4.38. The van der Waals surface area contributed by atoms with Gasteiger partial charge in [-0.3, -0.25) is 19.6 Å². The van der Waals surface area contributed by atoms with Crippen molar-refractivity contribution in [2.24, 2.45) is 11.8 Å². The molecule has 47 heavy (non-hydrogen) atoms. The van der Waals surface area contributed by atoms with E-state index in [2.05, 4.69) is 40.3 Å². The molecule has 0 radical (unpaired) electrons. The molecule has 2 fully saturated rings. The van der Waals surface area contributed by atoms with Gasteiger partial charge in [-0.2, -0.15) is 0 Å². The fourth-order valence-electron chi connectivity index (χ4n) is 6.84. The number of carbonyl (C=O) groups is 1. The van der Waals surface area contributed by atoms with Crippen molar-refractivity contribution in [1.29, 1.82) is 0 Å². The molecule has 9 nitrogen and oxygen atoms in total. The first-order valence-electron chi connectivity index (χ1n) is 15.8. The summed E-state index contributed by atoms with van der Waals surface area (Å²) in [5.41, 5.74) is 4.42. The SMILES string of the molecule is COc1nc(C2(Nc3nccc4cc(CN5CC(F)C5)cnc34)C=CC=C(c3ccccc3Cl)C2C)ccc1CN1CC(C(=O)O)C1. The number of hydrogen-bond acceptors (Lipinski definition) is 8. The van der Waals surface area contributed by atoms with Crippen molar-refractivity contribution in [3.8, 4) is 5.88 Å². The Morgan fingerprint density at radius 3 is 2.64 bits per heavy atom. The number of aliphatic carboxylic acids is 1. The van der Waals surface area contributed by atoms with Gasteiger partial charge < -0.3 is 15.2 Å². The normalized spacial score (nSPS) is 22.0. The second-order valence-electron chi connectivity index (χ2n) is 12.6. The Morgan fingerprint density at radius 1 is 1.11 bits per heavy atom. The Morgan fingerprint density at radius 2 is 1.89 bits per heavy atom. The van der Waals surface area contributed by atoms with E-state index in [4.69, 9.17) is 31.3 Å². The number of methoxy groups -OCH3 is 1. The number of anilines is 1. The van der Waals surface area contributed by atoms with Gasteiger partial charge in [-0.25, -0.2) is 14.4 Å². The molecule has 0 bridgehead atoms. The van der Waals surface area contributed by atoms with Gasteiger partial charge in [-0.15, -0.1) is 0 Å². The average Bonchev–Trinajstić information content (AvgIpc) is 3.03. The number of alkyl halides is 1. The first-order valence-corrected chi connectivity index (χ1v) is 16.1. The van der Waals surface area contributed by atoms with E-state index in [0.717, 1.165) is 33.3 Å². The molecule has 1 aliphatic carbocycles. The molecule has 0 amide bonds. The maximum absolute atomic E-state index is 13.4. The van der Waals surface area contributed by atoms with Gasteiger partial charge in [0.25, 0.3) is 0 Å². The molecule has 2 aliphatic heterocycles. The number of carboxylic acids is 1. The van der Waals surface area contributed by atoms with Gasteiger partial charge in [-0.05, 0) is 41.0 Å². The smallest absolute Gasteiger partial charge is 0.309 e. The maximum atomic E-state index is 13.4. The van der Waals surface area contributed by atoms with Gasteiger partial charge in [0.1, 0.15) is 17.2 Å². The van der Waals surface area contributed by atoms with Crippen LogP contribution in [0.15, 0.2) is 79.2 Å². The molecule has 3 aliphatic rings. The topological polar surface area (TPSA) is 104 Å². The number of halogens is 2. The maximum Gasteiger partial charge on any atom is 0.309 e. The van der Waals surface area contributed by atoms with Crippen LogP contribution in [0.4, 0.5) is 10.2 Å². The number of fused-ring (bicyclic) bond motifs is 1. The van der Waals surface area contributed by atoms with Crippen molar-refractivity contribution in [3.63, 3.8) is 0 Å². The molecule has 242 valence electrons. The highest BCUT2D eigenvalue weighted by atomic mass is 35.5. The van der Waals surface area contributed by atoms with Crippen LogP contribution in [-0.4, -0.2) is 75.3 Å². The summed E-state index contributed by atoms with van der Waals surface area (Å²) in [4.78, 5) is 30.2. The standard InChI is InChI=1S/C36H36ClFN6O3/c1-22-28(29-6-3-4-8-30(29)37)7-5-12-36(22,31-10-9-25(34(41-31)47-2)17-44-18-26(19-44)35(45)46)42-33-32-24(11-13-39-33)14-23(15-40-32)16-43-20-27(38)21-43/h3-15,22,26-27H,16-21H2,1-2H3,(H,39,42)(H,45,46). The van der Waals surface area contributed by atoms with Crippen LogP contribution < -0.4 is 10.1 Å². The molecule has 2 N–H and O–H groups in total. The van der Waals surface area contributed by atoms with Gasteiger partial charge in [0.15, 0.2) is 5.82 Å². The Balaban J connectivity index is 1.27. The molecule has 4 aromatic rings. The third-order valence-corrected chi connectivity index (χ3v) is 9.86. The number of likely N-dealkylation sites (tertiary alicyclic amines) is 2. The lowest BCUT2D eigenvalue weighted by Gasteiger charge is -2.41. The number of hydrogen-bond donors (Lipinski definition) is 2. The Labute approximate surface area is 277 Å². The number of allylic oxidation sites excluding steroid dienone is 2. The monoisotopic (exact) mass is 654 g/mol. The predicted molar refractivity (Wildman–Crippen MR) is 180 cm³/mol. The summed E-state index contributed by atoms with van der Waals surface area (Å²) < 4.78 is 19.2. The van der Waals surface area contributed by atoms with Crippen molar-refractivity contribution in [3.05, 3.63) is 107 Å². The number of carboxylic acid groups (broad SMARTS) is 1. The summed E-state index contributed by atoms with van der Waals surface area (Å²) in [6, 6.07) is 15.8. The highest BCUT2D eigenvalue weighted by Crippen LogP contribution is 2.46. The zero-order chi connectivity index (χ0) is 32.7. The van der Waals surface area contributed by atoms with Crippen LogP contribution in [0.25, 0.3) is 16.5 Å². The van der Waals surface area contributed by atoms with E-state index in [9.17, 15) is 14.3 Å². The highest BCUT2D eigenvalue weighted by Gasteiger charge is 2.43. The number of ether oxygens (including phenoxy) is 1. The van der Waals surface area contributed by atoms with Gasteiger partial charge in [0.2, 0.25) is 5.88 Å². The summed E-state index contributed by atoms with van der Waals surface area (Å²) in [6.45, 7) is 5.21. The lowest BCUT2D eigenvalue weighted by atomic mass is 9.72. The number of nitrogens with one attached hydrogen (secondary N) is 1. The van der Waals surface area contributed by atoms with E-state index in [1.54, 1.807) is 13.3 Å². The van der Waals surface area contributed by atoms with Crippen molar-refractivity contribution >= 4 is 39.9 Å². The molecule has 0 spiro atoms. The lowest BCUT2D eigenvalue weighted by molar-refractivity contribution is -0.147. The van der Waals surface area contributed by atoms with E-state index in [1.165, 1.54) is 0 Å². The highest BCUT2D eigenvalue weighted by molar-refractivity contribution is 6.32. The molecule has 1 aromatic carbocycles. The largest absolute Gasteiger partial charge is 0.481 e. The van der Waals surface area contributed by atoms with E-state index in [0.29, 0.717) is 61.5 Å². The third-order valence-electron chi connectivity index (χ3n) is 9.53. The minimum absolute atomic E-state index is 0.168. The van der Waals surface area contributed by atoms with Crippen LogP contribution in [0.2, 0.25) is 5.02 Å². The van der Waals surface area contributed by atoms with E-state index in [-0.39, 0.29) is 11.8 Å². The van der Waals surface area contributed by atoms with E-state index in [1.807, 2.05) is 54.7 Å². The van der Waals surface area contributed by atoms with Crippen LogP contribution in [-0.2, 0) is 23.4 Å². The minimum atomic E-state index is -0.879. The van der Waals surface area contributed by atoms with Crippen LogP contribution >= 0.6 is 11.6 Å². The molecule has 2 atom stereocenters. The number of benzene rings is 1. The molecule has 3 aromatic heterocycles. The van der Waals surface area contributed by atoms with Gasteiger partial charge >= 0.3 is 5.97 Å². The zero-order valence-corrected chi connectivity index (χ0v) is 27.0. The molecular formula is C36H36ClFN6O3. The van der Waals surface area contributed by atoms with Crippen molar-refractivity contribution in [2.45, 2.75) is 31.7 Å². The fraction of sp³-hybridized carbons (Fsp3) is 0.333. The Bertz CT molecular complexity index is 1890. The molecule has 11 heteroatoms. The molecule has 2 unspecified atom stereocenters. The van der Waals surface area contributed by atoms with Crippen LogP contribution in [0.1, 0.15) is 29.3 Å². The summed E-state index contributed by atoms with van der Waals surface area (Å²) >= 11 is 6.73. The van der Waals surface area contributed by atoms with Crippen LogP contribution in [0, 0.1) is 11.8 Å². The van der Waals surface area contributed by atoms with Gasteiger partial charge in [0, 0.05) is 73.6 Å². The minimum Gasteiger partial charge on any atom is -0.481 e. The van der Waals surface area contributed by atoms with Gasteiger partial charge in [0.05, 0.1) is 18.7 Å². The quantitative estimate of drug-likeness (QED) is 0.215. The second-order valence-corrected chi connectivity index (χ2v) is 13.0. The molecule has 0 saturated carbocycles. The fourth-order valence-corrected chi connectivity index (χ4v) is 7.09. The van der Waals surface area contributed by atoms with Crippen molar-refractivity contribution in [1.82, 2.24) is 24.8 Å². The van der Waals surface area contributed by atoms with Crippen LogP contribution in [0.3, 0.4) is 0 Å². The van der Waals surface area contributed by atoms with Gasteiger partial charge in [-0.1, -0.05) is 61.0 Å². The summed E-state index contributed by atoms with van der Waals surface area (Å²) in [6.07, 6.45) is 9.04. The number of pyridine rings is 3. The van der Waals surface area contributed by atoms with Crippen LogP contribution in [0.5, 0.6) is 5.88 Å². The summed E-state index contributed by atoms with van der Waals surface area (Å²) in [5, 5.41) is 14.7. The molecule has 2 saturated heterocycles. The molecular weight excluding hydrogens is 619 g/mol. The van der Waals surface area contributed by atoms with Crippen molar-refractivity contribution in [2.75, 3.05) is 38.6 Å². The van der Waals surface area contributed by atoms with E-state index >= 15 is 0 Å². The molecule has 5 heterocycles. The third kappa shape index (κ3) is 5.97. The van der Waals surface area contributed by atoms with Crippen molar-refractivity contribution < 1.29 is 19.0 Å². The zero-order valence-electron chi connectivity index (χ0n) is 26.2. The predicted octanol–water partition coefficient (Wildman–Crippen LogP) is 5.95. The average molecular weight is 655 g/mol. The lowest BCUT2D eigenvalue weighted by Crippen LogP contribution is -2.49. The van der Waals surface area contributed by atoms with E-state index < -0.39 is 17.7 Å². The number of rotatable bonds is 10. The first-order chi connectivity index (χ1) is 22.7. The first kappa shape index (κ1) is 31.2. The number of nitrogens with zero attached hydrogens (tertiary/aromatic N) is 5. The summed E-state index contributed by atoms with van der Waals surface area (Å²) in [5.74, 6) is -0.205. The Kier molecular flexibility index (Phi) is 8.42.